The van der Waals surface area contributed by atoms with Gasteiger partial charge < -0.3 is 15.4 Å². The lowest BCUT2D eigenvalue weighted by Gasteiger charge is -2.19. The van der Waals surface area contributed by atoms with E-state index in [4.69, 9.17) is 4.74 Å². The summed E-state index contributed by atoms with van der Waals surface area (Å²) in [6, 6.07) is 13.9. The Morgan fingerprint density at radius 2 is 1.71 bits per heavy atom. The van der Waals surface area contributed by atoms with Crippen LogP contribution in [0, 0.1) is 13.8 Å². The molecule has 1 amide bonds. The molecule has 0 fully saturated rings. The lowest BCUT2D eigenvalue weighted by molar-refractivity contribution is -0.120. The fourth-order valence-corrected chi connectivity index (χ4v) is 2.76. The highest BCUT2D eigenvalue weighted by Gasteiger charge is 2.13. The van der Waals surface area contributed by atoms with Crippen LogP contribution in [0.1, 0.15) is 36.1 Å². The summed E-state index contributed by atoms with van der Waals surface area (Å²) in [6.45, 7) is 6.41. The number of anilines is 1. The summed E-state index contributed by atoms with van der Waals surface area (Å²) in [7, 11) is 1.65. The van der Waals surface area contributed by atoms with E-state index < -0.39 is 0 Å². The third-order valence-electron chi connectivity index (χ3n) is 4.17. The molecule has 2 rings (SSSR count). The Morgan fingerprint density at radius 1 is 1.08 bits per heavy atom. The van der Waals surface area contributed by atoms with Crippen LogP contribution in [0.15, 0.2) is 42.5 Å². The van der Waals surface area contributed by atoms with Crippen molar-refractivity contribution in [1.29, 1.82) is 0 Å². The molecule has 0 aliphatic carbocycles. The minimum atomic E-state index is -0.0136. The normalized spacial score (nSPS) is 11.7. The number of benzene rings is 2. The summed E-state index contributed by atoms with van der Waals surface area (Å²) in [5, 5.41) is 6.34. The predicted octanol–water partition coefficient (Wildman–Crippen LogP) is 3.99. The summed E-state index contributed by atoms with van der Waals surface area (Å²) in [5.74, 6) is 0.803. The zero-order valence-electron chi connectivity index (χ0n) is 14.8. The van der Waals surface area contributed by atoms with Crippen LogP contribution in [0.3, 0.4) is 0 Å². The standard InChI is InChI=1S/C20H26N2O2/c1-5-18(16-9-11-17(24-4)12-10-16)22-19(23)13-21-20-14(2)7-6-8-15(20)3/h6-12,18,21H,5,13H2,1-4H3,(H,22,23). The highest BCUT2D eigenvalue weighted by atomic mass is 16.5. The first kappa shape index (κ1) is 17.9. The Balaban J connectivity index is 1.96. The molecule has 0 heterocycles. The molecular formula is C20H26N2O2. The molecule has 2 aromatic rings. The van der Waals surface area contributed by atoms with E-state index in [9.17, 15) is 4.79 Å². The quantitative estimate of drug-likeness (QED) is 0.809. The van der Waals surface area contributed by atoms with Gasteiger partial charge in [0.1, 0.15) is 5.75 Å². The van der Waals surface area contributed by atoms with Gasteiger partial charge in [-0.05, 0) is 49.1 Å². The zero-order chi connectivity index (χ0) is 17.5. The Hall–Kier alpha value is -2.49. The largest absolute Gasteiger partial charge is 0.497 e. The van der Waals surface area contributed by atoms with Crippen LogP contribution < -0.4 is 15.4 Å². The van der Waals surface area contributed by atoms with Crippen molar-refractivity contribution in [1.82, 2.24) is 5.32 Å². The number of carbonyl (C=O) groups is 1. The topological polar surface area (TPSA) is 50.4 Å². The van der Waals surface area contributed by atoms with Crippen molar-refractivity contribution < 1.29 is 9.53 Å². The molecule has 128 valence electrons. The van der Waals surface area contributed by atoms with Gasteiger partial charge in [0.15, 0.2) is 0 Å². The van der Waals surface area contributed by atoms with Gasteiger partial charge in [-0.15, -0.1) is 0 Å². The van der Waals surface area contributed by atoms with Gasteiger partial charge in [0.05, 0.1) is 19.7 Å². The first-order valence-electron chi connectivity index (χ1n) is 8.28. The van der Waals surface area contributed by atoms with E-state index in [2.05, 4.69) is 17.6 Å². The van der Waals surface area contributed by atoms with Gasteiger partial charge in [-0.1, -0.05) is 37.3 Å². The maximum absolute atomic E-state index is 12.3. The molecular weight excluding hydrogens is 300 g/mol. The second-order valence-electron chi connectivity index (χ2n) is 5.92. The van der Waals surface area contributed by atoms with Gasteiger partial charge in [-0.25, -0.2) is 0 Å². The van der Waals surface area contributed by atoms with Crippen molar-refractivity contribution in [2.24, 2.45) is 0 Å². The number of para-hydroxylation sites is 1. The molecule has 2 aromatic carbocycles. The molecule has 0 saturated heterocycles. The van der Waals surface area contributed by atoms with E-state index in [0.717, 1.165) is 34.5 Å². The van der Waals surface area contributed by atoms with Crippen LogP contribution >= 0.6 is 0 Å². The van der Waals surface area contributed by atoms with Gasteiger partial charge in [0, 0.05) is 5.69 Å². The number of carbonyl (C=O) groups excluding carboxylic acids is 1. The second kappa shape index (κ2) is 8.39. The third-order valence-corrected chi connectivity index (χ3v) is 4.17. The summed E-state index contributed by atoms with van der Waals surface area (Å²) >= 11 is 0. The van der Waals surface area contributed by atoms with Crippen molar-refractivity contribution >= 4 is 11.6 Å². The van der Waals surface area contributed by atoms with E-state index in [1.165, 1.54) is 0 Å². The number of methoxy groups -OCH3 is 1. The number of hydrogen-bond donors (Lipinski definition) is 2. The average Bonchev–Trinajstić information content (AvgIpc) is 2.59. The Bertz CT molecular complexity index is 660. The van der Waals surface area contributed by atoms with Gasteiger partial charge in [-0.2, -0.15) is 0 Å². The number of nitrogens with one attached hydrogen (secondary N) is 2. The molecule has 0 saturated carbocycles. The molecule has 0 aliphatic heterocycles. The Morgan fingerprint density at radius 3 is 2.25 bits per heavy atom. The molecule has 4 nitrogen and oxygen atoms in total. The van der Waals surface area contributed by atoms with Crippen molar-refractivity contribution in [3.8, 4) is 5.75 Å². The average molecular weight is 326 g/mol. The fourth-order valence-electron chi connectivity index (χ4n) is 2.76. The SMILES string of the molecule is CCC(NC(=O)CNc1c(C)cccc1C)c1ccc(OC)cc1. The number of ether oxygens (including phenoxy) is 1. The molecule has 2 N–H and O–H groups in total. The van der Waals surface area contributed by atoms with Crippen LogP contribution in [-0.2, 0) is 4.79 Å². The number of rotatable bonds is 7. The van der Waals surface area contributed by atoms with Gasteiger partial charge in [-0.3, -0.25) is 4.79 Å². The number of aryl methyl sites for hydroxylation is 2. The van der Waals surface area contributed by atoms with E-state index in [0.29, 0.717) is 0 Å². The molecule has 0 bridgehead atoms. The maximum atomic E-state index is 12.3. The van der Waals surface area contributed by atoms with Gasteiger partial charge in [0.2, 0.25) is 5.91 Å². The molecule has 0 spiro atoms. The van der Waals surface area contributed by atoms with E-state index in [1.54, 1.807) is 7.11 Å². The summed E-state index contributed by atoms with van der Waals surface area (Å²) < 4.78 is 5.18. The van der Waals surface area contributed by atoms with E-state index in [-0.39, 0.29) is 18.5 Å². The van der Waals surface area contributed by atoms with Crippen molar-refractivity contribution in [3.05, 3.63) is 59.2 Å². The maximum Gasteiger partial charge on any atom is 0.239 e. The second-order valence-corrected chi connectivity index (χ2v) is 5.92. The molecule has 0 radical (unpaired) electrons. The third kappa shape index (κ3) is 4.51. The lowest BCUT2D eigenvalue weighted by atomic mass is 10.0. The molecule has 4 heteroatoms. The Labute approximate surface area is 144 Å². The zero-order valence-corrected chi connectivity index (χ0v) is 14.8. The summed E-state index contributed by atoms with van der Waals surface area (Å²) in [6.07, 6.45) is 0.835. The van der Waals surface area contributed by atoms with E-state index in [1.807, 2.05) is 56.3 Å². The number of amides is 1. The Kier molecular flexibility index (Phi) is 6.24. The molecule has 0 aromatic heterocycles. The van der Waals surface area contributed by atoms with Crippen molar-refractivity contribution in [2.45, 2.75) is 33.2 Å². The molecule has 0 aliphatic rings. The van der Waals surface area contributed by atoms with Crippen LogP contribution in [-0.4, -0.2) is 19.6 Å². The number of hydrogen-bond acceptors (Lipinski definition) is 3. The minimum absolute atomic E-state index is 0.00294. The van der Waals surface area contributed by atoms with Crippen LogP contribution in [0.25, 0.3) is 0 Å². The molecule has 1 atom stereocenters. The first-order valence-corrected chi connectivity index (χ1v) is 8.28. The lowest BCUT2D eigenvalue weighted by Crippen LogP contribution is -2.33. The minimum Gasteiger partial charge on any atom is -0.497 e. The summed E-state index contributed by atoms with van der Waals surface area (Å²) in [5.41, 5.74) is 4.40. The summed E-state index contributed by atoms with van der Waals surface area (Å²) in [4.78, 5) is 12.3. The van der Waals surface area contributed by atoms with Crippen molar-refractivity contribution in [2.75, 3.05) is 19.0 Å². The van der Waals surface area contributed by atoms with Gasteiger partial charge in [0.25, 0.3) is 0 Å². The first-order chi connectivity index (χ1) is 11.5. The predicted molar refractivity (Wildman–Crippen MR) is 98.6 cm³/mol. The smallest absolute Gasteiger partial charge is 0.239 e. The van der Waals surface area contributed by atoms with Crippen molar-refractivity contribution in [3.63, 3.8) is 0 Å². The van der Waals surface area contributed by atoms with Crippen LogP contribution in [0.2, 0.25) is 0 Å². The van der Waals surface area contributed by atoms with Crippen LogP contribution in [0.5, 0.6) is 5.75 Å². The molecule has 24 heavy (non-hydrogen) atoms. The van der Waals surface area contributed by atoms with E-state index >= 15 is 0 Å². The fraction of sp³-hybridized carbons (Fsp3) is 0.350. The monoisotopic (exact) mass is 326 g/mol. The highest BCUT2D eigenvalue weighted by molar-refractivity contribution is 5.81. The van der Waals surface area contributed by atoms with Crippen LogP contribution in [0.4, 0.5) is 5.69 Å². The molecule has 1 unspecified atom stereocenters. The van der Waals surface area contributed by atoms with Gasteiger partial charge >= 0.3 is 0 Å². The highest BCUT2D eigenvalue weighted by Crippen LogP contribution is 2.21.